The van der Waals surface area contributed by atoms with Crippen LogP contribution in [0.3, 0.4) is 0 Å². The van der Waals surface area contributed by atoms with Gasteiger partial charge in [-0.1, -0.05) is 61.9 Å². The summed E-state index contributed by atoms with van der Waals surface area (Å²) >= 11 is 23.1. The lowest BCUT2D eigenvalue weighted by Gasteiger charge is -2.22. The fourth-order valence-electron chi connectivity index (χ4n) is 10.7. The molecular weight excluding hydrogens is 1610 g/mol. The summed E-state index contributed by atoms with van der Waals surface area (Å²) in [5.41, 5.74) is 8.17. The van der Waals surface area contributed by atoms with Gasteiger partial charge in [-0.15, -0.1) is 0 Å². The standard InChI is InChI=1S/C19H18ClFN4O6.C18H17ClFN5O6.C17H19ClFN5O5.C12H9ClFN5O4/c20-13-9-12(5-6-14(13)21)25-17(23-30-19(25)27)16-18(24-31-22-16)29-8-2-4-15(26)11-3-1-7-28-10-11;19-11-8-10(3-4-12(11)20)25-16(23-30-18(25)27)15-17(24-31-22-15)29-6-1-2-14(26)13-9-28-7-5-21-13;18-11-8-10(3-4-12(11)19)21-16(22-26)15-17(24-29-23-15)28-6-1-2-14(25)13-9-27-7-5-20-13;13-7-5-6(1-2-8(7)14)19-10(17-22-12(19)20)9-11(18-23-16-9)21-4-3-15/h5-6,9,11H,1-4,7-8,10H2;3-4,8,13,21H,1-2,5-7,9H2;3-4,8,13,20,26H,1-2,5-7,9H2,(H,21,22);1-2,5H,3-4,15H2. The highest BCUT2D eigenvalue weighted by Gasteiger charge is 2.30. The molecule has 0 amide bonds. The second-order valence-electron chi connectivity index (χ2n) is 23.9. The molecule has 3 aliphatic rings. The average Bonchev–Trinajstić information content (AvgIpc) is 1.63. The Bertz CT molecular complexity index is 5100. The number of hydroxylamine groups is 1. The second kappa shape index (κ2) is 40.8. The fourth-order valence-corrected chi connectivity index (χ4v) is 11.4. The quantitative estimate of drug-likeness (QED) is 0.0105. The van der Waals surface area contributed by atoms with E-state index in [1.807, 2.05) is 5.48 Å². The van der Waals surface area contributed by atoms with Crippen molar-refractivity contribution < 1.29 is 102 Å². The van der Waals surface area contributed by atoms with Crippen molar-refractivity contribution in [1.29, 1.82) is 0 Å². The Morgan fingerprint density at radius 2 is 0.886 bits per heavy atom. The highest BCUT2D eigenvalue weighted by atomic mass is 35.5. The number of nitrogens with one attached hydrogen (secondary N) is 3. The van der Waals surface area contributed by atoms with E-state index in [-0.39, 0.29) is 187 Å². The van der Waals surface area contributed by atoms with Crippen LogP contribution >= 0.6 is 46.4 Å². The first kappa shape index (κ1) is 83.5. The number of hydrogen-bond donors (Lipinski definition) is 5. The summed E-state index contributed by atoms with van der Waals surface area (Å²) in [6.07, 6.45) is 3.98. The monoisotopic (exact) mass is 1670 g/mol. The maximum absolute atomic E-state index is 13.5. The SMILES string of the molecule is NCCOc1nonc1-c1noc(=O)n1-c1ccc(F)c(Cl)c1.O=C(CCCOc1nonc1-c1noc(=O)n1-c1ccc(F)c(Cl)c1)C1CCCOC1.O=C(CCCOc1nonc1-c1noc(=O)n1-c1ccc(F)c(Cl)c1)C1COCCN1.O=C(CCCOc1nonc1C(=Nc1ccc(F)c(Cl)c1)NO)C1COCCN1. The molecule has 0 aliphatic carbocycles. The molecule has 3 unspecified atom stereocenters. The van der Waals surface area contributed by atoms with Crippen molar-refractivity contribution >= 4 is 75.3 Å². The van der Waals surface area contributed by atoms with Crippen LogP contribution in [0.25, 0.3) is 51.6 Å². The van der Waals surface area contributed by atoms with Crippen molar-refractivity contribution in [3.8, 4) is 75.1 Å². The third kappa shape index (κ3) is 21.6. The van der Waals surface area contributed by atoms with E-state index in [0.717, 1.165) is 50.8 Å². The number of rotatable bonds is 29. The molecule has 3 atom stereocenters. The number of aromatic nitrogens is 14. The van der Waals surface area contributed by atoms with Crippen molar-refractivity contribution in [2.45, 2.75) is 63.5 Å². The maximum atomic E-state index is 13.5. The first-order valence-electron chi connectivity index (χ1n) is 34.2. The Hall–Kier alpha value is -11.5. The number of halogens is 8. The maximum Gasteiger partial charge on any atom is 0.446 e. The number of aliphatic imine (C=N–C) groups is 1. The summed E-state index contributed by atoms with van der Waals surface area (Å²) < 4.78 is 127. The van der Waals surface area contributed by atoms with Crippen molar-refractivity contribution in [3.05, 3.63) is 154 Å². The van der Waals surface area contributed by atoms with Crippen LogP contribution < -0.4 is 58.1 Å². The van der Waals surface area contributed by atoms with Crippen LogP contribution in [-0.2, 0) is 28.6 Å². The van der Waals surface area contributed by atoms with Crippen molar-refractivity contribution in [2.24, 2.45) is 16.6 Å². The Kier molecular flexibility index (Phi) is 29.9. The molecule has 14 rings (SSSR count). The van der Waals surface area contributed by atoms with Gasteiger partial charge in [0, 0.05) is 51.4 Å². The Labute approximate surface area is 655 Å². The average molecular weight is 1680 g/mol. The molecule has 604 valence electrons. The zero-order chi connectivity index (χ0) is 80.6. The Balaban J connectivity index is 0.000000151. The number of ketones is 3. The van der Waals surface area contributed by atoms with Crippen LogP contribution in [0, 0.1) is 29.2 Å². The number of hydrogen-bond acceptors (Lipinski definition) is 36. The van der Waals surface area contributed by atoms with Crippen LogP contribution in [0.15, 0.2) is 124 Å². The Morgan fingerprint density at radius 1 is 0.500 bits per heavy atom. The van der Waals surface area contributed by atoms with E-state index < -0.39 is 40.5 Å². The van der Waals surface area contributed by atoms with Gasteiger partial charge in [0.25, 0.3) is 23.5 Å². The highest BCUT2D eigenvalue weighted by molar-refractivity contribution is 6.32. The molecule has 0 bridgehead atoms. The molecule has 4 aromatic carbocycles. The molecule has 11 aromatic rings. The number of carbonyl (C=O) groups is 3. The first-order chi connectivity index (χ1) is 55.3. The van der Waals surface area contributed by atoms with Crippen LogP contribution in [0.5, 0.6) is 23.5 Å². The summed E-state index contributed by atoms with van der Waals surface area (Å²) in [5, 5.41) is 55.2. The van der Waals surface area contributed by atoms with Crippen molar-refractivity contribution in [1.82, 2.24) is 86.5 Å². The number of carbonyl (C=O) groups excluding carboxylic acids is 3. The predicted molar refractivity (Wildman–Crippen MR) is 380 cm³/mol. The van der Waals surface area contributed by atoms with E-state index in [0.29, 0.717) is 84.8 Å². The zero-order valence-corrected chi connectivity index (χ0v) is 62.0. The number of nitrogens with zero attached hydrogens (tertiary/aromatic N) is 15. The lowest BCUT2D eigenvalue weighted by molar-refractivity contribution is -0.127. The molecular formula is C66H63Cl4F4N19O21. The number of benzene rings is 4. The minimum absolute atomic E-state index is 0.0000267. The smallest absolute Gasteiger partial charge is 0.446 e. The third-order valence-corrected chi connectivity index (χ3v) is 17.4. The zero-order valence-electron chi connectivity index (χ0n) is 58.9. The van der Waals surface area contributed by atoms with E-state index in [1.54, 1.807) is 0 Å². The third-order valence-electron chi connectivity index (χ3n) is 16.3. The summed E-state index contributed by atoms with van der Waals surface area (Å²) in [5.74, 6) is -5.27. The Morgan fingerprint density at radius 3 is 1.27 bits per heavy atom. The van der Waals surface area contributed by atoms with Crippen LogP contribution in [-0.4, -0.2) is 197 Å². The molecule has 7 aromatic heterocycles. The van der Waals surface area contributed by atoms with Crippen LogP contribution in [0.4, 0.5) is 23.2 Å². The molecule has 6 N–H and O–H groups in total. The molecule has 40 nitrogen and oxygen atoms in total. The van der Waals surface area contributed by atoms with Crippen molar-refractivity contribution in [2.75, 3.05) is 85.7 Å². The lowest BCUT2D eigenvalue weighted by Crippen LogP contribution is -2.46. The van der Waals surface area contributed by atoms with Gasteiger partial charge >= 0.3 is 17.3 Å². The highest BCUT2D eigenvalue weighted by Crippen LogP contribution is 2.32. The largest absolute Gasteiger partial charge is 0.474 e. The molecule has 10 heterocycles. The van der Waals surface area contributed by atoms with Gasteiger partial charge in [-0.25, -0.2) is 69.2 Å². The molecule has 3 saturated heterocycles. The summed E-state index contributed by atoms with van der Waals surface area (Å²) in [6, 6.07) is 14.2. The van der Waals surface area contributed by atoms with E-state index in [4.69, 9.17) is 104 Å². The van der Waals surface area contributed by atoms with Gasteiger partial charge in [0.2, 0.25) is 40.2 Å². The van der Waals surface area contributed by atoms with Gasteiger partial charge < -0.3 is 49.5 Å². The predicted octanol–water partition coefficient (Wildman–Crippen LogP) is 6.85. The van der Waals surface area contributed by atoms with Gasteiger partial charge in [0.05, 0.1) is 108 Å². The van der Waals surface area contributed by atoms with E-state index in [9.17, 15) is 51.5 Å². The summed E-state index contributed by atoms with van der Waals surface area (Å²) in [6.45, 7) is 5.25. The molecule has 3 fully saturated rings. The fraction of sp³-hybridized carbons (Fsp3) is 0.364. The molecule has 48 heteroatoms. The van der Waals surface area contributed by atoms with Crippen molar-refractivity contribution in [3.63, 3.8) is 0 Å². The number of morpholine rings is 2. The van der Waals surface area contributed by atoms with Gasteiger partial charge in [-0.05, 0) is 146 Å². The molecule has 3 aliphatic heterocycles. The second-order valence-corrected chi connectivity index (χ2v) is 25.6. The van der Waals surface area contributed by atoms with Gasteiger partial charge in [-0.3, -0.25) is 38.6 Å². The van der Waals surface area contributed by atoms with Gasteiger partial charge in [0.1, 0.15) is 35.7 Å². The number of ether oxygens (including phenoxy) is 7. The van der Waals surface area contributed by atoms with Gasteiger partial charge in [-0.2, -0.15) is 0 Å². The number of nitrogens with two attached hydrogens (primary N) is 1. The molecule has 0 radical (unpaired) electrons. The minimum atomic E-state index is -0.848. The van der Waals surface area contributed by atoms with E-state index >= 15 is 0 Å². The molecule has 0 spiro atoms. The molecule has 114 heavy (non-hydrogen) atoms. The van der Waals surface area contributed by atoms with Crippen LogP contribution in [0.2, 0.25) is 20.1 Å². The van der Waals surface area contributed by atoms with E-state index in [2.05, 4.69) is 86.1 Å². The number of Topliss-reactive ketones (excluding diaryl/α,β-unsaturated/α-hetero) is 3. The summed E-state index contributed by atoms with van der Waals surface area (Å²) in [4.78, 5) is 76.8. The first-order valence-corrected chi connectivity index (χ1v) is 35.7. The van der Waals surface area contributed by atoms with Crippen LogP contribution in [0.1, 0.15) is 57.1 Å². The van der Waals surface area contributed by atoms with Gasteiger partial charge in [0.15, 0.2) is 17.4 Å². The normalized spacial score (nSPS) is 15.5. The van der Waals surface area contributed by atoms with E-state index in [1.165, 1.54) is 48.5 Å². The molecule has 0 saturated carbocycles. The number of amidine groups is 1. The minimum Gasteiger partial charge on any atom is -0.474 e. The topological polar surface area (TPSA) is 510 Å². The summed E-state index contributed by atoms with van der Waals surface area (Å²) in [7, 11) is 0. The lowest BCUT2D eigenvalue weighted by atomic mass is 9.95.